The van der Waals surface area contributed by atoms with E-state index in [0.717, 1.165) is 76.2 Å². The van der Waals surface area contributed by atoms with Gasteiger partial charge in [0.1, 0.15) is 0 Å². The summed E-state index contributed by atoms with van der Waals surface area (Å²) in [6, 6.07) is 5.58. The van der Waals surface area contributed by atoms with Crippen LogP contribution in [0.25, 0.3) is 0 Å². The van der Waals surface area contributed by atoms with Crippen molar-refractivity contribution >= 4 is 35.1 Å². The van der Waals surface area contributed by atoms with Crippen molar-refractivity contribution in [3.05, 3.63) is 69.8 Å². The number of aliphatic hydroxyl groups is 1. The lowest BCUT2D eigenvalue weighted by Gasteiger charge is -2.34. The lowest BCUT2D eigenvalue weighted by Crippen LogP contribution is -2.47. The van der Waals surface area contributed by atoms with E-state index in [9.17, 15) is 9.90 Å². The summed E-state index contributed by atoms with van der Waals surface area (Å²) >= 11 is 12.6. The van der Waals surface area contributed by atoms with Crippen LogP contribution in [0, 0.1) is 11.8 Å². The topological polar surface area (TPSA) is 128 Å². The number of benzene rings is 1. The highest BCUT2D eigenvalue weighted by Crippen LogP contribution is 2.28. The van der Waals surface area contributed by atoms with E-state index in [4.69, 9.17) is 38.8 Å². The van der Waals surface area contributed by atoms with E-state index < -0.39 is 5.97 Å². The highest BCUT2D eigenvalue weighted by Gasteiger charge is 2.22. The van der Waals surface area contributed by atoms with Gasteiger partial charge in [0.25, 0.3) is 0 Å². The summed E-state index contributed by atoms with van der Waals surface area (Å²) in [6.45, 7) is 10.7. The van der Waals surface area contributed by atoms with Crippen LogP contribution in [-0.4, -0.2) is 94.9 Å². The van der Waals surface area contributed by atoms with Gasteiger partial charge in [-0.25, -0.2) is 9.97 Å². The van der Waals surface area contributed by atoms with Crippen molar-refractivity contribution < 1.29 is 19.7 Å². The van der Waals surface area contributed by atoms with E-state index in [1.807, 2.05) is 18.2 Å². The average Bonchev–Trinajstić information content (AvgIpc) is 3.01. The standard InChI is InChI=1S/C33H46Cl2N6O4/c1-23(32(43)44)3-7-39-10-12-41(13-11-39)33-37-20-30(21-38-33)45-31(36)16-26(22-40-8-4-25(5-9-40)6-14-42)15-24(2)27-17-28(34)19-29(35)18-27/h15-21,23-25,42H,3-14,22,36H2,1-2H3,(H,43,44)/b26-15+,31-16+. The van der Waals surface area contributed by atoms with E-state index in [0.29, 0.717) is 40.6 Å². The Morgan fingerprint density at radius 1 is 1.04 bits per heavy atom. The molecule has 0 saturated carbocycles. The number of halogens is 2. The largest absolute Gasteiger partial charge is 0.481 e. The quantitative estimate of drug-likeness (QED) is 0.188. The molecule has 3 heterocycles. The average molecular weight is 662 g/mol. The number of piperidine rings is 1. The number of rotatable bonds is 14. The lowest BCUT2D eigenvalue weighted by atomic mass is 9.93. The Balaban J connectivity index is 1.38. The minimum atomic E-state index is -0.750. The number of anilines is 1. The molecule has 0 amide bonds. The zero-order valence-electron chi connectivity index (χ0n) is 26.2. The number of carboxylic acid groups (broad SMARTS) is 1. The third-order valence-corrected chi connectivity index (χ3v) is 9.09. The van der Waals surface area contributed by atoms with Gasteiger partial charge in [-0.2, -0.15) is 0 Å². The third-order valence-electron chi connectivity index (χ3n) is 8.66. The van der Waals surface area contributed by atoms with Gasteiger partial charge >= 0.3 is 5.97 Å². The number of aromatic nitrogens is 2. The molecular weight excluding hydrogens is 615 g/mol. The minimum Gasteiger partial charge on any atom is -0.481 e. The predicted octanol–water partition coefficient (Wildman–Crippen LogP) is 5.02. The summed E-state index contributed by atoms with van der Waals surface area (Å²) < 4.78 is 5.95. The Morgan fingerprint density at radius 2 is 1.69 bits per heavy atom. The molecule has 12 heteroatoms. The number of aliphatic hydroxyl groups excluding tert-OH is 1. The number of ether oxygens (including phenoxy) is 1. The molecule has 2 saturated heterocycles. The van der Waals surface area contributed by atoms with E-state index in [1.54, 1.807) is 25.4 Å². The first kappa shape index (κ1) is 35.0. The van der Waals surface area contributed by atoms with Gasteiger partial charge in [-0.05, 0) is 86.5 Å². The zero-order chi connectivity index (χ0) is 32.3. The molecule has 0 radical (unpaired) electrons. The Bertz CT molecular complexity index is 1290. The fraction of sp³-hybridized carbons (Fsp3) is 0.545. The predicted molar refractivity (Wildman–Crippen MR) is 179 cm³/mol. The van der Waals surface area contributed by atoms with Crippen LogP contribution in [-0.2, 0) is 4.79 Å². The Labute approximate surface area is 276 Å². The Hall–Kier alpha value is -2.89. The van der Waals surface area contributed by atoms with Crippen LogP contribution in [0.4, 0.5) is 5.95 Å². The molecule has 1 aromatic heterocycles. The molecule has 0 bridgehead atoms. The molecule has 4 rings (SSSR count). The molecule has 2 atom stereocenters. The normalized spacial score (nSPS) is 19.0. The molecule has 4 N–H and O–H groups in total. The molecule has 1 aromatic carbocycles. The number of piperazine rings is 1. The molecule has 2 aliphatic heterocycles. The molecule has 10 nitrogen and oxygen atoms in total. The van der Waals surface area contributed by atoms with Gasteiger partial charge in [0.15, 0.2) is 11.6 Å². The number of hydrogen-bond acceptors (Lipinski definition) is 9. The first-order chi connectivity index (χ1) is 21.6. The molecule has 2 fully saturated rings. The monoisotopic (exact) mass is 660 g/mol. The van der Waals surface area contributed by atoms with Crippen molar-refractivity contribution in [2.24, 2.45) is 17.6 Å². The maximum Gasteiger partial charge on any atom is 0.306 e. The number of nitrogens with zero attached hydrogens (tertiary/aromatic N) is 5. The maximum atomic E-state index is 11.1. The Morgan fingerprint density at radius 3 is 2.29 bits per heavy atom. The summed E-state index contributed by atoms with van der Waals surface area (Å²) in [7, 11) is 0. The maximum absolute atomic E-state index is 11.1. The number of likely N-dealkylation sites (tertiary alicyclic amines) is 1. The van der Waals surface area contributed by atoms with Crippen molar-refractivity contribution in [2.45, 2.75) is 45.4 Å². The molecule has 246 valence electrons. The molecule has 2 aromatic rings. The number of allylic oxidation sites excluding steroid dienone is 1. The fourth-order valence-corrected chi connectivity index (χ4v) is 6.36. The van der Waals surface area contributed by atoms with Gasteiger partial charge in [0.05, 0.1) is 18.3 Å². The second-order valence-electron chi connectivity index (χ2n) is 12.2. The summed E-state index contributed by atoms with van der Waals surface area (Å²) in [4.78, 5) is 27.0. The number of carboxylic acids is 1. The van der Waals surface area contributed by atoms with Crippen LogP contribution in [0.2, 0.25) is 10.0 Å². The van der Waals surface area contributed by atoms with Crippen LogP contribution in [0.15, 0.2) is 54.2 Å². The third kappa shape index (κ3) is 11.1. The fourth-order valence-electron chi connectivity index (χ4n) is 5.82. The molecule has 45 heavy (non-hydrogen) atoms. The smallest absolute Gasteiger partial charge is 0.306 e. The first-order valence-electron chi connectivity index (χ1n) is 15.8. The highest BCUT2D eigenvalue weighted by molar-refractivity contribution is 6.34. The summed E-state index contributed by atoms with van der Waals surface area (Å²) in [5, 5.41) is 19.6. The molecule has 0 aliphatic carbocycles. The van der Waals surface area contributed by atoms with Gasteiger partial charge in [0, 0.05) is 55.5 Å². The van der Waals surface area contributed by atoms with Gasteiger partial charge in [-0.1, -0.05) is 43.1 Å². The van der Waals surface area contributed by atoms with Gasteiger partial charge < -0.3 is 25.6 Å². The van der Waals surface area contributed by atoms with Crippen LogP contribution in [0.5, 0.6) is 5.75 Å². The van der Waals surface area contributed by atoms with Gasteiger partial charge in [-0.3, -0.25) is 14.6 Å². The van der Waals surface area contributed by atoms with E-state index >= 15 is 0 Å². The van der Waals surface area contributed by atoms with Crippen molar-refractivity contribution in [1.29, 1.82) is 0 Å². The van der Waals surface area contributed by atoms with Crippen molar-refractivity contribution in [2.75, 3.05) is 63.9 Å². The van der Waals surface area contributed by atoms with E-state index in [1.165, 1.54) is 0 Å². The van der Waals surface area contributed by atoms with Crippen LogP contribution in [0.3, 0.4) is 0 Å². The summed E-state index contributed by atoms with van der Waals surface area (Å²) in [5.74, 6) is 0.834. The van der Waals surface area contributed by atoms with Gasteiger partial charge in [0.2, 0.25) is 5.95 Å². The van der Waals surface area contributed by atoms with Crippen molar-refractivity contribution in [3.63, 3.8) is 0 Å². The van der Waals surface area contributed by atoms with Crippen molar-refractivity contribution in [3.8, 4) is 5.75 Å². The SMILES string of the molecule is CC(CCN1CCN(c2ncc(O/C(N)=C/C(=C\C(C)c3cc(Cl)cc(Cl)c3)CN3CCC(CCO)CC3)cn2)CC1)C(=O)O. The van der Waals surface area contributed by atoms with E-state index in [-0.39, 0.29) is 24.3 Å². The number of nitrogens with two attached hydrogens (primary N) is 1. The molecular formula is C33H46Cl2N6O4. The summed E-state index contributed by atoms with van der Waals surface area (Å²) in [6.07, 6.45) is 10.9. The van der Waals surface area contributed by atoms with E-state index in [2.05, 4.69) is 37.7 Å². The summed E-state index contributed by atoms with van der Waals surface area (Å²) in [5.41, 5.74) is 8.43. The molecule has 2 aliphatic rings. The zero-order valence-corrected chi connectivity index (χ0v) is 27.8. The Kier molecular flexibility index (Phi) is 13.3. The molecule has 0 spiro atoms. The minimum absolute atomic E-state index is 0.0378. The number of carbonyl (C=O) groups is 1. The van der Waals surface area contributed by atoms with Crippen LogP contribution < -0.4 is 15.4 Å². The highest BCUT2D eigenvalue weighted by atomic mass is 35.5. The lowest BCUT2D eigenvalue weighted by molar-refractivity contribution is -0.141. The second kappa shape index (κ2) is 17.1. The van der Waals surface area contributed by atoms with Crippen molar-refractivity contribution in [1.82, 2.24) is 19.8 Å². The van der Waals surface area contributed by atoms with Gasteiger partial charge in [-0.15, -0.1) is 0 Å². The number of hydrogen-bond donors (Lipinski definition) is 3. The van der Waals surface area contributed by atoms with Crippen LogP contribution >= 0.6 is 23.2 Å². The number of aliphatic carboxylic acids is 1. The molecule has 2 unspecified atom stereocenters. The first-order valence-corrected chi connectivity index (χ1v) is 16.5. The van der Waals surface area contributed by atoms with Crippen LogP contribution in [0.1, 0.15) is 51.0 Å². The second-order valence-corrected chi connectivity index (χ2v) is 13.1.